The highest BCUT2D eigenvalue weighted by molar-refractivity contribution is 9.10. The van der Waals surface area contributed by atoms with Gasteiger partial charge in [0.05, 0.1) is 11.4 Å². The molecule has 15 heavy (non-hydrogen) atoms. The van der Waals surface area contributed by atoms with Gasteiger partial charge in [-0.1, -0.05) is 34.1 Å². The van der Waals surface area contributed by atoms with E-state index in [1.165, 1.54) is 0 Å². The van der Waals surface area contributed by atoms with E-state index in [2.05, 4.69) is 25.9 Å². The molecule has 0 saturated carbocycles. The molecule has 2 aliphatic heterocycles. The van der Waals surface area contributed by atoms with Crippen LogP contribution in [0.25, 0.3) is 0 Å². The Morgan fingerprint density at radius 2 is 1.33 bits per heavy atom. The molecule has 1 aromatic carbocycles. The Morgan fingerprint density at radius 3 is 1.73 bits per heavy atom. The van der Waals surface area contributed by atoms with E-state index in [-0.39, 0.29) is 0 Å². The average Bonchev–Trinajstić information content (AvgIpc) is 2.80. The first kappa shape index (κ1) is 10.1. The van der Waals surface area contributed by atoms with Gasteiger partial charge in [-0.3, -0.25) is 9.98 Å². The highest BCUT2D eigenvalue weighted by Crippen LogP contribution is 2.19. The first-order valence-electron chi connectivity index (χ1n) is 4.56. The van der Waals surface area contributed by atoms with E-state index in [1.807, 2.05) is 42.5 Å². The van der Waals surface area contributed by atoms with E-state index in [4.69, 9.17) is 0 Å². The fourth-order valence-electron chi connectivity index (χ4n) is 1.18. The molecule has 0 saturated heterocycles. The number of benzene rings is 1. The minimum absolute atomic E-state index is 0.991. The predicted molar refractivity (Wildman–Crippen MR) is 67.3 cm³/mol. The van der Waals surface area contributed by atoms with Crippen molar-refractivity contribution in [3.05, 3.63) is 58.4 Å². The summed E-state index contributed by atoms with van der Waals surface area (Å²) in [6.45, 7) is 0. The first-order valence-corrected chi connectivity index (χ1v) is 5.35. The molecule has 0 N–H and O–H groups in total. The SMILES string of the molecule is Brc1ccccc1.C1=NC2=CC=NC2=C1. The molecule has 3 rings (SSSR count). The Balaban J connectivity index is 0.000000115. The molecule has 0 amide bonds. The lowest BCUT2D eigenvalue weighted by Gasteiger charge is -1.83. The van der Waals surface area contributed by atoms with Crippen LogP contribution in [0.1, 0.15) is 0 Å². The minimum atomic E-state index is 0.991. The second-order valence-electron chi connectivity index (χ2n) is 2.96. The minimum Gasteiger partial charge on any atom is -0.254 e. The van der Waals surface area contributed by atoms with Crippen molar-refractivity contribution >= 4 is 28.4 Å². The van der Waals surface area contributed by atoms with Crippen molar-refractivity contribution in [2.45, 2.75) is 0 Å². The van der Waals surface area contributed by atoms with Crippen LogP contribution in [0.4, 0.5) is 0 Å². The Bertz CT molecular complexity index is 430. The third kappa shape index (κ3) is 2.73. The summed E-state index contributed by atoms with van der Waals surface area (Å²) in [5, 5.41) is 0. The zero-order chi connectivity index (χ0) is 10.5. The summed E-state index contributed by atoms with van der Waals surface area (Å²) in [7, 11) is 0. The monoisotopic (exact) mass is 260 g/mol. The van der Waals surface area contributed by atoms with Crippen LogP contribution in [0.5, 0.6) is 0 Å². The van der Waals surface area contributed by atoms with Crippen molar-refractivity contribution in [3.8, 4) is 0 Å². The van der Waals surface area contributed by atoms with E-state index < -0.39 is 0 Å². The molecule has 2 nitrogen and oxygen atoms in total. The normalized spacial score (nSPS) is 15.3. The summed E-state index contributed by atoms with van der Waals surface area (Å²) in [5.74, 6) is 0. The molecule has 1 aromatic rings. The van der Waals surface area contributed by atoms with Crippen LogP contribution in [0.15, 0.2) is 68.3 Å². The second kappa shape index (κ2) is 4.84. The number of nitrogens with zero attached hydrogens (tertiary/aromatic N) is 2. The molecular weight excluding hydrogens is 252 g/mol. The van der Waals surface area contributed by atoms with Crippen LogP contribution in [0.2, 0.25) is 0 Å². The van der Waals surface area contributed by atoms with Gasteiger partial charge in [0, 0.05) is 16.9 Å². The van der Waals surface area contributed by atoms with Crippen molar-refractivity contribution in [2.75, 3.05) is 0 Å². The third-order valence-electron chi connectivity index (χ3n) is 1.89. The van der Waals surface area contributed by atoms with Gasteiger partial charge in [-0.05, 0) is 24.3 Å². The van der Waals surface area contributed by atoms with Crippen molar-refractivity contribution in [1.29, 1.82) is 0 Å². The highest BCUT2D eigenvalue weighted by Gasteiger charge is 2.07. The highest BCUT2D eigenvalue weighted by atomic mass is 79.9. The predicted octanol–water partition coefficient (Wildman–Crippen LogP) is 3.37. The number of hydrogen-bond donors (Lipinski definition) is 0. The third-order valence-corrected chi connectivity index (χ3v) is 2.42. The molecule has 3 heteroatoms. The van der Waals surface area contributed by atoms with E-state index in [0.717, 1.165) is 15.9 Å². The summed E-state index contributed by atoms with van der Waals surface area (Å²) in [5.41, 5.74) is 1.98. The van der Waals surface area contributed by atoms with Gasteiger partial charge in [0.1, 0.15) is 0 Å². The Hall–Kier alpha value is -1.48. The van der Waals surface area contributed by atoms with Gasteiger partial charge in [-0.25, -0.2) is 0 Å². The lowest BCUT2D eigenvalue weighted by Crippen LogP contribution is -1.66. The molecule has 0 atom stereocenters. The molecule has 0 aliphatic carbocycles. The summed E-state index contributed by atoms with van der Waals surface area (Å²) >= 11 is 3.31. The number of allylic oxidation sites excluding steroid dienone is 2. The summed E-state index contributed by atoms with van der Waals surface area (Å²) < 4.78 is 1.13. The van der Waals surface area contributed by atoms with Gasteiger partial charge in [-0.2, -0.15) is 0 Å². The first-order chi connectivity index (χ1) is 7.36. The molecule has 74 valence electrons. The van der Waals surface area contributed by atoms with Crippen LogP contribution in [0, 0.1) is 0 Å². The van der Waals surface area contributed by atoms with Crippen LogP contribution in [0.3, 0.4) is 0 Å². The van der Waals surface area contributed by atoms with E-state index in [9.17, 15) is 0 Å². The molecule has 0 unspecified atom stereocenters. The van der Waals surface area contributed by atoms with E-state index >= 15 is 0 Å². The van der Waals surface area contributed by atoms with Gasteiger partial charge >= 0.3 is 0 Å². The fourth-order valence-corrected chi connectivity index (χ4v) is 1.49. The molecule has 0 aromatic heterocycles. The molecule has 0 fully saturated rings. The molecule has 2 aliphatic rings. The summed E-state index contributed by atoms with van der Waals surface area (Å²) in [6.07, 6.45) is 7.32. The molecule has 0 spiro atoms. The maximum atomic E-state index is 4.02. The summed E-state index contributed by atoms with van der Waals surface area (Å²) in [4.78, 5) is 8.03. The standard InChI is InChI=1S/C6H5Br.C6H4N2/c7-6-4-2-1-3-5-6;1-3-7-6-2-4-8-5(1)6/h1-5H;1-4H. The largest absolute Gasteiger partial charge is 0.254 e. The average molecular weight is 261 g/mol. The van der Waals surface area contributed by atoms with Crippen molar-refractivity contribution < 1.29 is 0 Å². The fraction of sp³-hybridized carbons (Fsp3) is 0. The van der Waals surface area contributed by atoms with Gasteiger partial charge < -0.3 is 0 Å². The molecule has 0 bridgehead atoms. The Kier molecular flexibility index (Phi) is 3.25. The lowest BCUT2D eigenvalue weighted by molar-refractivity contribution is 1.33. The van der Waals surface area contributed by atoms with Gasteiger partial charge in [-0.15, -0.1) is 0 Å². The maximum absolute atomic E-state index is 4.02. The zero-order valence-electron chi connectivity index (χ0n) is 7.97. The number of fused-ring (bicyclic) bond motifs is 1. The maximum Gasteiger partial charge on any atom is 0.0901 e. The zero-order valence-corrected chi connectivity index (χ0v) is 9.55. The van der Waals surface area contributed by atoms with Gasteiger partial charge in [0.2, 0.25) is 0 Å². The Labute approximate surface area is 96.9 Å². The Morgan fingerprint density at radius 1 is 0.800 bits per heavy atom. The van der Waals surface area contributed by atoms with Crippen molar-refractivity contribution in [2.24, 2.45) is 9.98 Å². The van der Waals surface area contributed by atoms with E-state index in [1.54, 1.807) is 12.4 Å². The van der Waals surface area contributed by atoms with Crippen LogP contribution < -0.4 is 0 Å². The molecule has 0 radical (unpaired) electrons. The molecule has 2 heterocycles. The lowest BCUT2D eigenvalue weighted by atomic mass is 10.4. The number of rotatable bonds is 0. The number of hydrogen-bond acceptors (Lipinski definition) is 2. The topological polar surface area (TPSA) is 24.7 Å². The van der Waals surface area contributed by atoms with Crippen LogP contribution in [-0.2, 0) is 0 Å². The van der Waals surface area contributed by atoms with E-state index in [0.29, 0.717) is 0 Å². The second-order valence-corrected chi connectivity index (χ2v) is 3.87. The van der Waals surface area contributed by atoms with Gasteiger partial charge in [0.25, 0.3) is 0 Å². The quantitative estimate of drug-likeness (QED) is 0.684. The van der Waals surface area contributed by atoms with Gasteiger partial charge in [0.15, 0.2) is 0 Å². The van der Waals surface area contributed by atoms with Crippen molar-refractivity contribution in [1.82, 2.24) is 0 Å². The summed E-state index contributed by atoms with van der Waals surface area (Å²) in [6, 6.07) is 9.97. The number of aliphatic imine (C=N–C) groups is 2. The van der Waals surface area contributed by atoms with Crippen LogP contribution >= 0.6 is 15.9 Å². The van der Waals surface area contributed by atoms with Crippen LogP contribution in [-0.4, -0.2) is 12.4 Å². The van der Waals surface area contributed by atoms with Crippen molar-refractivity contribution in [3.63, 3.8) is 0 Å². The molecular formula is C12H9BrN2. The smallest absolute Gasteiger partial charge is 0.0901 e. The number of halogens is 1.